The second-order valence-electron chi connectivity index (χ2n) is 6.43. The first-order valence-electron chi connectivity index (χ1n) is 8.52. The molecule has 0 radical (unpaired) electrons. The summed E-state index contributed by atoms with van der Waals surface area (Å²) in [4.78, 5) is 11.0. The third-order valence-corrected chi connectivity index (χ3v) is 4.59. The highest BCUT2D eigenvalue weighted by molar-refractivity contribution is 5.10. The van der Waals surface area contributed by atoms with E-state index in [0.29, 0.717) is 18.5 Å². The molecular weight excluding hydrogens is 316 g/mol. The molecule has 0 bridgehead atoms. The number of hydrogen-bond acceptors (Lipinski definition) is 5. The average Bonchev–Trinajstić information content (AvgIpc) is 3.21. The monoisotopic (exact) mass is 338 g/mol. The van der Waals surface area contributed by atoms with Crippen LogP contribution in [-0.4, -0.2) is 41.9 Å². The number of imidazole rings is 1. The molecular formula is C18H22N6O. The van der Waals surface area contributed by atoms with Gasteiger partial charge in [-0.2, -0.15) is 5.10 Å². The molecule has 7 nitrogen and oxygen atoms in total. The number of hydrogen-bond donors (Lipinski definition) is 0. The molecule has 0 saturated heterocycles. The Bertz CT molecular complexity index is 812. The number of pyridine rings is 1. The Kier molecular flexibility index (Phi) is 4.47. The quantitative estimate of drug-likeness (QED) is 0.711. The van der Waals surface area contributed by atoms with E-state index >= 15 is 0 Å². The van der Waals surface area contributed by atoms with E-state index in [1.165, 1.54) is 11.3 Å². The lowest BCUT2D eigenvalue weighted by molar-refractivity contribution is 0.116. The maximum Gasteiger partial charge on any atom is 0.213 e. The van der Waals surface area contributed by atoms with Gasteiger partial charge in [0.05, 0.1) is 18.2 Å². The standard InChI is InChI=1S/C18H22N6O/c1-22-10-15(8-21-22)11-24-12-17-9-19-14-23(17)7-5-16(24)13-25-18-4-2-3-6-20-18/h2-4,6,8-10,14,16H,5,7,11-13H2,1H3/t16-/m1/s1. The van der Waals surface area contributed by atoms with Crippen molar-refractivity contribution in [3.63, 3.8) is 0 Å². The summed E-state index contributed by atoms with van der Waals surface area (Å²) in [5, 5.41) is 4.29. The van der Waals surface area contributed by atoms with Crippen LogP contribution >= 0.6 is 0 Å². The summed E-state index contributed by atoms with van der Waals surface area (Å²) in [5.41, 5.74) is 2.45. The molecule has 0 unspecified atom stereocenters. The Balaban J connectivity index is 1.50. The van der Waals surface area contributed by atoms with E-state index in [0.717, 1.165) is 26.1 Å². The number of aryl methyl sites for hydroxylation is 2. The van der Waals surface area contributed by atoms with Gasteiger partial charge >= 0.3 is 0 Å². The van der Waals surface area contributed by atoms with Crippen LogP contribution in [0.4, 0.5) is 0 Å². The van der Waals surface area contributed by atoms with Gasteiger partial charge in [-0.3, -0.25) is 9.58 Å². The van der Waals surface area contributed by atoms with Crippen LogP contribution in [0, 0.1) is 0 Å². The second kappa shape index (κ2) is 7.06. The first-order valence-corrected chi connectivity index (χ1v) is 8.52. The van der Waals surface area contributed by atoms with Gasteiger partial charge in [0, 0.05) is 62.9 Å². The van der Waals surface area contributed by atoms with Gasteiger partial charge in [-0.15, -0.1) is 0 Å². The molecule has 0 N–H and O–H groups in total. The summed E-state index contributed by atoms with van der Waals surface area (Å²) in [6, 6.07) is 6.05. The van der Waals surface area contributed by atoms with Crippen LogP contribution in [0.3, 0.4) is 0 Å². The molecule has 1 aliphatic rings. The van der Waals surface area contributed by atoms with Gasteiger partial charge in [0.15, 0.2) is 0 Å². The first kappa shape index (κ1) is 15.8. The van der Waals surface area contributed by atoms with E-state index in [2.05, 4.69) is 30.7 Å². The van der Waals surface area contributed by atoms with E-state index in [-0.39, 0.29) is 0 Å². The maximum atomic E-state index is 5.95. The lowest BCUT2D eigenvalue weighted by Gasteiger charge is -2.28. The molecule has 0 aliphatic carbocycles. The molecule has 25 heavy (non-hydrogen) atoms. The van der Waals surface area contributed by atoms with Crippen molar-refractivity contribution in [3.05, 3.63) is 60.6 Å². The number of rotatable bonds is 5. The fourth-order valence-electron chi connectivity index (χ4n) is 3.26. The minimum absolute atomic E-state index is 0.308. The van der Waals surface area contributed by atoms with Crippen LogP contribution in [0.15, 0.2) is 49.3 Å². The summed E-state index contributed by atoms with van der Waals surface area (Å²) < 4.78 is 10.0. The third kappa shape index (κ3) is 3.71. The molecule has 4 rings (SSSR count). The fourth-order valence-corrected chi connectivity index (χ4v) is 3.26. The van der Waals surface area contributed by atoms with Crippen molar-refractivity contribution in [2.24, 2.45) is 7.05 Å². The van der Waals surface area contributed by atoms with Crippen LogP contribution in [-0.2, 0) is 26.7 Å². The summed E-state index contributed by atoms with van der Waals surface area (Å²) in [6.07, 6.45) is 10.6. The lowest BCUT2D eigenvalue weighted by Crippen LogP contribution is -2.38. The predicted octanol–water partition coefficient (Wildman–Crippen LogP) is 1.87. The van der Waals surface area contributed by atoms with E-state index in [9.17, 15) is 0 Å². The average molecular weight is 338 g/mol. The molecule has 130 valence electrons. The van der Waals surface area contributed by atoms with Crippen LogP contribution in [0.1, 0.15) is 17.7 Å². The lowest BCUT2D eigenvalue weighted by atomic mass is 10.1. The minimum Gasteiger partial charge on any atom is -0.476 e. The third-order valence-electron chi connectivity index (χ3n) is 4.59. The number of aromatic nitrogens is 5. The van der Waals surface area contributed by atoms with Gasteiger partial charge in [-0.25, -0.2) is 9.97 Å². The summed E-state index contributed by atoms with van der Waals surface area (Å²) >= 11 is 0. The summed E-state index contributed by atoms with van der Waals surface area (Å²) in [7, 11) is 1.95. The predicted molar refractivity (Wildman–Crippen MR) is 92.8 cm³/mol. The normalized spacial score (nSPS) is 17.9. The highest BCUT2D eigenvalue weighted by atomic mass is 16.5. The molecule has 0 spiro atoms. The van der Waals surface area contributed by atoms with Crippen LogP contribution in [0.5, 0.6) is 5.88 Å². The second-order valence-corrected chi connectivity index (χ2v) is 6.43. The van der Waals surface area contributed by atoms with Crippen molar-refractivity contribution in [3.8, 4) is 5.88 Å². The molecule has 0 fully saturated rings. The van der Waals surface area contributed by atoms with Crippen molar-refractivity contribution >= 4 is 0 Å². The largest absolute Gasteiger partial charge is 0.476 e. The highest BCUT2D eigenvalue weighted by Gasteiger charge is 2.25. The van der Waals surface area contributed by atoms with Gasteiger partial charge in [-0.1, -0.05) is 6.07 Å². The molecule has 0 saturated carbocycles. The van der Waals surface area contributed by atoms with E-state index < -0.39 is 0 Å². The summed E-state index contributed by atoms with van der Waals surface area (Å²) in [6.45, 7) is 3.27. The molecule has 0 amide bonds. The van der Waals surface area contributed by atoms with Gasteiger partial charge < -0.3 is 9.30 Å². The van der Waals surface area contributed by atoms with Crippen molar-refractivity contribution in [2.45, 2.75) is 32.1 Å². The Morgan fingerprint density at radius 1 is 1.28 bits per heavy atom. The first-order chi connectivity index (χ1) is 12.3. The van der Waals surface area contributed by atoms with Crippen molar-refractivity contribution < 1.29 is 4.74 Å². The molecule has 3 aromatic heterocycles. The zero-order chi connectivity index (χ0) is 17.1. The number of ether oxygens (including phenoxy) is 1. The Labute approximate surface area is 146 Å². The number of fused-ring (bicyclic) bond motifs is 1. The van der Waals surface area contributed by atoms with Crippen LogP contribution < -0.4 is 4.74 Å². The molecule has 0 aromatic carbocycles. The van der Waals surface area contributed by atoms with Crippen LogP contribution in [0.2, 0.25) is 0 Å². The van der Waals surface area contributed by atoms with Crippen molar-refractivity contribution in [2.75, 3.05) is 6.61 Å². The summed E-state index contributed by atoms with van der Waals surface area (Å²) in [5.74, 6) is 0.675. The van der Waals surface area contributed by atoms with E-state index in [1.54, 1.807) is 6.20 Å². The zero-order valence-electron chi connectivity index (χ0n) is 14.3. The SMILES string of the molecule is Cn1cc(CN2Cc3cncn3CC[C@@H]2COc2ccccn2)cn1. The smallest absolute Gasteiger partial charge is 0.213 e. The molecule has 7 heteroatoms. The Morgan fingerprint density at radius 3 is 3.04 bits per heavy atom. The molecule has 4 heterocycles. The van der Waals surface area contributed by atoms with Crippen molar-refractivity contribution in [1.29, 1.82) is 0 Å². The Hall–Kier alpha value is -2.67. The minimum atomic E-state index is 0.308. The van der Waals surface area contributed by atoms with Gasteiger partial charge in [0.2, 0.25) is 5.88 Å². The maximum absolute atomic E-state index is 5.95. The molecule has 1 aliphatic heterocycles. The van der Waals surface area contributed by atoms with Gasteiger partial charge in [0.25, 0.3) is 0 Å². The van der Waals surface area contributed by atoms with E-state index in [1.807, 2.05) is 48.6 Å². The van der Waals surface area contributed by atoms with Gasteiger partial charge in [-0.05, 0) is 12.5 Å². The number of nitrogens with zero attached hydrogens (tertiary/aromatic N) is 6. The van der Waals surface area contributed by atoms with E-state index in [4.69, 9.17) is 4.74 Å². The Morgan fingerprint density at radius 2 is 2.24 bits per heavy atom. The van der Waals surface area contributed by atoms with Gasteiger partial charge in [0.1, 0.15) is 6.61 Å². The van der Waals surface area contributed by atoms with Crippen molar-refractivity contribution in [1.82, 2.24) is 29.2 Å². The van der Waals surface area contributed by atoms with Crippen LogP contribution in [0.25, 0.3) is 0 Å². The highest BCUT2D eigenvalue weighted by Crippen LogP contribution is 2.21. The zero-order valence-corrected chi connectivity index (χ0v) is 14.3. The molecule has 3 aromatic rings. The topological polar surface area (TPSA) is 61.0 Å². The molecule has 1 atom stereocenters. The fraction of sp³-hybridized carbons (Fsp3) is 0.389.